The Labute approximate surface area is 184 Å². The third-order valence-electron chi connectivity index (χ3n) is 5.14. The molecule has 0 saturated heterocycles. The molecular weight excluding hydrogens is 414 g/mol. The van der Waals surface area contributed by atoms with E-state index in [1.807, 2.05) is 69.3 Å². The van der Waals surface area contributed by atoms with Crippen molar-refractivity contribution in [1.29, 1.82) is 0 Å². The molecule has 0 radical (unpaired) electrons. The Morgan fingerprint density at radius 2 is 2.00 bits per heavy atom. The molecule has 2 aromatic carbocycles. The first-order valence-electron chi connectivity index (χ1n) is 10.2. The summed E-state index contributed by atoms with van der Waals surface area (Å²) in [6.45, 7) is 6.38. The van der Waals surface area contributed by atoms with Gasteiger partial charge in [0.25, 0.3) is 0 Å². The van der Waals surface area contributed by atoms with Crippen molar-refractivity contribution in [2.75, 3.05) is 7.11 Å². The first-order valence-corrected chi connectivity index (χ1v) is 11.3. The van der Waals surface area contributed by atoms with Crippen molar-refractivity contribution in [2.24, 2.45) is 0 Å². The van der Waals surface area contributed by atoms with E-state index in [4.69, 9.17) is 9.47 Å². The highest BCUT2D eigenvalue weighted by atomic mass is 32.2. The molecule has 8 nitrogen and oxygen atoms in total. The van der Waals surface area contributed by atoms with Gasteiger partial charge in [-0.1, -0.05) is 36.4 Å². The maximum Gasteiger partial charge on any atom is 0.192 e. The van der Waals surface area contributed by atoms with Crippen LogP contribution in [0, 0.1) is 0 Å². The topological polar surface area (TPSA) is 91.2 Å². The predicted molar refractivity (Wildman–Crippen MR) is 118 cm³/mol. The summed E-state index contributed by atoms with van der Waals surface area (Å²) in [6, 6.07) is 15.5. The zero-order valence-electron chi connectivity index (χ0n) is 18.1. The van der Waals surface area contributed by atoms with Gasteiger partial charge in [0.1, 0.15) is 11.5 Å². The van der Waals surface area contributed by atoms with Crippen LogP contribution in [-0.2, 0) is 17.5 Å². The van der Waals surface area contributed by atoms with Gasteiger partial charge in [-0.3, -0.25) is 0 Å². The second kappa shape index (κ2) is 8.76. The molecule has 0 saturated carbocycles. The molecular formula is C22H27N5O3S. The molecule has 1 N–H and O–H groups in total. The van der Waals surface area contributed by atoms with Gasteiger partial charge in [-0.25, -0.2) is 13.6 Å². The van der Waals surface area contributed by atoms with Crippen LogP contribution in [0.4, 0.5) is 0 Å². The molecule has 0 fully saturated rings. The summed E-state index contributed by atoms with van der Waals surface area (Å²) in [5, 5.41) is 12.3. The summed E-state index contributed by atoms with van der Waals surface area (Å²) in [4.78, 5) is 0. The average Bonchev–Trinajstić information content (AvgIpc) is 3.21. The summed E-state index contributed by atoms with van der Waals surface area (Å²) >= 11 is 0. The van der Waals surface area contributed by atoms with Crippen LogP contribution in [0.15, 0.2) is 48.5 Å². The van der Waals surface area contributed by atoms with Crippen LogP contribution in [0.1, 0.15) is 56.3 Å². The van der Waals surface area contributed by atoms with Crippen LogP contribution < -0.4 is 14.2 Å². The second-order valence-corrected chi connectivity index (χ2v) is 10.5. The lowest BCUT2D eigenvalue weighted by Crippen LogP contribution is -2.38. The first kappa shape index (κ1) is 21.5. The highest BCUT2D eigenvalue weighted by Gasteiger charge is 2.35. The SMILES string of the molecule is COc1ccc2c(c1)O[C@@H](c1nnnn1Cc1ccccc1)C[C@H]2N[S@@](=O)C(C)(C)C. The number of fused-ring (bicyclic) bond motifs is 1. The molecule has 0 amide bonds. The van der Waals surface area contributed by atoms with E-state index in [9.17, 15) is 4.21 Å². The highest BCUT2D eigenvalue weighted by Crippen LogP contribution is 2.42. The Kier molecular flexibility index (Phi) is 6.06. The molecule has 0 spiro atoms. The van der Waals surface area contributed by atoms with Crippen LogP contribution in [0.25, 0.3) is 0 Å². The molecule has 4 rings (SSSR count). The molecule has 164 valence electrons. The Morgan fingerprint density at radius 1 is 1.23 bits per heavy atom. The highest BCUT2D eigenvalue weighted by molar-refractivity contribution is 7.84. The molecule has 9 heteroatoms. The third-order valence-corrected chi connectivity index (χ3v) is 6.75. The minimum atomic E-state index is -1.24. The molecule has 2 heterocycles. The van der Waals surface area contributed by atoms with Gasteiger partial charge in [-0.05, 0) is 42.8 Å². The monoisotopic (exact) mass is 441 g/mol. The lowest BCUT2D eigenvalue weighted by molar-refractivity contribution is 0.143. The Balaban J connectivity index is 1.65. The molecule has 3 atom stereocenters. The smallest absolute Gasteiger partial charge is 0.192 e. The summed E-state index contributed by atoms with van der Waals surface area (Å²) in [6.07, 6.45) is 0.156. The summed E-state index contributed by atoms with van der Waals surface area (Å²) in [7, 11) is 0.375. The molecule has 0 unspecified atom stereocenters. The lowest BCUT2D eigenvalue weighted by atomic mass is 9.96. The van der Waals surface area contributed by atoms with Crippen LogP contribution in [0.3, 0.4) is 0 Å². The van der Waals surface area contributed by atoms with Gasteiger partial charge in [0.05, 0.1) is 35.4 Å². The van der Waals surface area contributed by atoms with Crippen LogP contribution in [-0.4, -0.2) is 36.3 Å². The van der Waals surface area contributed by atoms with Gasteiger partial charge in [0, 0.05) is 18.1 Å². The number of hydrogen-bond donors (Lipinski definition) is 1. The third kappa shape index (κ3) is 4.77. The van der Waals surface area contributed by atoms with Crippen molar-refractivity contribution < 1.29 is 13.7 Å². The van der Waals surface area contributed by atoms with Gasteiger partial charge >= 0.3 is 0 Å². The number of benzene rings is 2. The summed E-state index contributed by atoms with van der Waals surface area (Å²) in [5.74, 6) is 2.00. The summed E-state index contributed by atoms with van der Waals surface area (Å²) in [5.41, 5.74) is 2.04. The number of nitrogens with zero attached hydrogens (tertiary/aromatic N) is 4. The van der Waals surface area contributed by atoms with Crippen LogP contribution in [0.5, 0.6) is 11.5 Å². The van der Waals surface area contributed by atoms with E-state index in [0.29, 0.717) is 30.3 Å². The normalized spacial score (nSPS) is 19.4. The molecule has 0 bridgehead atoms. The number of rotatable bonds is 6. The molecule has 31 heavy (non-hydrogen) atoms. The van der Waals surface area contributed by atoms with Crippen LogP contribution >= 0.6 is 0 Å². The van der Waals surface area contributed by atoms with E-state index < -0.39 is 21.8 Å². The second-order valence-electron chi connectivity index (χ2n) is 8.48. The van der Waals surface area contributed by atoms with Gasteiger partial charge in [0.2, 0.25) is 0 Å². The van der Waals surface area contributed by atoms with Crippen molar-refractivity contribution in [1.82, 2.24) is 24.9 Å². The number of methoxy groups -OCH3 is 1. The number of nitrogens with one attached hydrogen (secondary N) is 1. The van der Waals surface area contributed by atoms with Gasteiger partial charge < -0.3 is 9.47 Å². The number of aromatic nitrogens is 4. The average molecular weight is 442 g/mol. The largest absolute Gasteiger partial charge is 0.497 e. The molecule has 3 aromatic rings. The van der Waals surface area contributed by atoms with Crippen molar-refractivity contribution in [3.63, 3.8) is 0 Å². The van der Waals surface area contributed by atoms with E-state index in [0.717, 1.165) is 11.1 Å². The predicted octanol–water partition coefficient (Wildman–Crippen LogP) is 3.35. The van der Waals surface area contributed by atoms with Crippen molar-refractivity contribution in [3.05, 3.63) is 65.5 Å². The van der Waals surface area contributed by atoms with E-state index >= 15 is 0 Å². The Morgan fingerprint density at radius 3 is 2.71 bits per heavy atom. The number of tetrazole rings is 1. The molecule has 1 aliphatic heterocycles. The van der Waals surface area contributed by atoms with E-state index in [2.05, 4.69) is 20.2 Å². The van der Waals surface area contributed by atoms with Crippen molar-refractivity contribution in [2.45, 2.75) is 50.6 Å². The molecule has 1 aliphatic rings. The van der Waals surface area contributed by atoms with E-state index in [-0.39, 0.29) is 6.04 Å². The minimum absolute atomic E-state index is 0.179. The van der Waals surface area contributed by atoms with E-state index in [1.54, 1.807) is 11.8 Å². The van der Waals surface area contributed by atoms with Crippen molar-refractivity contribution in [3.8, 4) is 11.5 Å². The van der Waals surface area contributed by atoms with Gasteiger partial charge in [0.15, 0.2) is 11.9 Å². The standard InChI is InChI=1S/C22H27N5O3S/c1-22(2,3)31(28)24-18-13-20(30-19-12-16(29-4)10-11-17(18)19)21-23-25-26-27(21)14-15-8-6-5-7-9-15/h5-12,18,20,24H,13-14H2,1-4H3/t18-,20-,31+/m1/s1. The fraction of sp³-hybridized carbons (Fsp3) is 0.409. The summed E-state index contributed by atoms with van der Waals surface area (Å²) < 4.78 is 29.2. The van der Waals surface area contributed by atoms with Crippen LogP contribution in [0.2, 0.25) is 0 Å². The Bertz CT molecular complexity index is 1060. The quantitative estimate of drug-likeness (QED) is 0.631. The molecule has 0 aliphatic carbocycles. The van der Waals surface area contributed by atoms with Crippen molar-refractivity contribution >= 4 is 11.0 Å². The number of hydrogen-bond acceptors (Lipinski definition) is 6. The molecule has 1 aromatic heterocycles. The lowest BCUT2D eigenvalue weighted by Gasteiger charge is -2.33. The maximum atomic E-state index is 12.9. The minimum Gasteiger partial charge on any atom is -0.497 e. The number of ether oxygens (including phenoxy) is 2. The Hall–Kier alpha value is -2.78. The fourth-order valence-corrected chi connectivity index (χ4v) is 4.30. The van der Waals surface area contributed by atoms with Gasteiger partial charge in [-0.2, -0.15) is 0 Å². The zero-order chi connectivity index (χ0) is 22.0. The maximum absolute atomic E-state index is 12.9. The fourth-order valence-electron chi connectivity index (χ4n) is 3.46. The van der Waals surface area contributed by atoms with E-state index in [1.165, 1.54) is 0 Å². The first-order chi connectivity index (χ1) is 14.8. The van der Waals surface area contributed by atoms with Gasteiger partial charge in [-0.15, -0.1) is 5.10 Å². The zero-order valence-corrected chi connectivity index (χ0v) is 18.9.